The van der Waals surface area contributed by atoms with Gasteiger partial charge in [0.25, 0.3) is 0 Å². The molecule has 2 N–H and O–H groups in total. The Bertz CT molecular complexity index is 500. The zero-order chi connectivity index (χ0) is 12.8. The lowest BCUT2D eigenvalue weighted by Gasteiger charge is -2.08. The highest BCUT2D eigenvalue weighted by Crippen LogP contribution is 2.18. The molecule has 2 rings (SSSR count). The first kappa shape index (κ1) is 12.4. The van der Waals surface area contributed by atoms with E-state index in [0.29, 0.717) is 18.2 Å². The molecule has 4 nitrogen and oxygen atoms in total. The Morgan fingerprint density at radius 2 is 2.06 bits per heavy atom. The summed E-state index contributed by atoms with van der Waals surface area (Å²) < 4.78 is 5.56. The molecule has 0 radical (unpaired) electrons. The van der Waals surface area contributed by atoms with Gasteiger partial charge in [-0.3, -0.25) is 4.98 Å². The van der Waals surface area contributed by atoms with Crippen LogP contribution in [0.1, 0.15) is 17.5 Å². The summed E-state index contributed by atoms with van der Waals surface area (Å²) >= 11 is 0. The fourth-order valence-electron chi connectivity index (χ4n) is 1.69. The molecule has 18 heavy (non-hydrogen) atoms. The van der Waals surface area contributed by atoms with Crippen LogP contribution in [-0.4, -0.2) is 16.6 Å². The SMILES string of the molecule is Cc1cnc(OCCCc2ccncc2)c(N)c1. The van der Waals surface area contributed by atoms with Crippen molar-refractivity contribution in [3.63, 3.8) is 0 Å². The van der Waals surface area contributed by atoms with Crippen LogP contribution < -0.4 is 10.5 Å². The summed E-state index contributed by atoms with van der Waals surface area (Å²) in [5.41, 5.74) is 8.72. The second kappa shape index (κ2) is 6.00. The molecular weight excluding hydrogens is 226 g/mol. The number of hydrogen-bond acceptors (Lipinski definition) is 4. The summed E-state index contributed by atoms with van der Waals surface area (Å²) in [7, 11) is 0. The van der Waals surface area contributed by atoms with Crippen LogP contribution >= 0.6 is 0 Å². The van der Waals surface area contributed by atoms with Gasteiger partial charge in [0, 0.05) is 18.6 Å². The Labute approximate surface area is 107 Å². The van der Waals surface area contributed by atoms with Crippen LogP contribution in [0.5, 0.6) is 5.88 Å². The van der Waals surface area contributed by atoms with Crippen molar-refractivity contribution in [2.24, 2.45) is 0 Å². The van der Waals surface area contributed by atoms with Crippen LogP contribution in [0.25, 0.3) is 0 Å². The maximum atomic E-state index is 5.82. The number of anilines is 1. The first-order chi connectivity index (χ1) is 8.75. The second-order valence-electron chi connectivity index (χ2n) is 4.21. The maximum Gasteiger partial charge on any atom is 0.237 e. The molecule has 4 heteroatoms. The number of hydrogen-bond donors (Lipinski definition) is 1. The first-order valence-corrected chi connectivity index (χ1v) is 5.99. The molecule has 0 aromatic carbocycles. The Kier molecular flexibility index (Phi) is 4.12. The van der Waals surface area contributed by atoms with Gasteiger partial charge in [0.2, 0.25) is 5.88 Å². The van der Waals surface area contributed by atoms with Crippen molar-refractivity contribution in [2.75, 3.05) is 12.3 Å². The van der Waals surface area contributed by atoms with Gasteiger partial charge < -0.3 is 10.5 Å². The van der Waals surface area contributed by atoms with Crippen molar-refractivity contribution in [3.05, 3.63) is 47.9 Å². The molecule has 0 saturated heterocycles. The Morgan fingerprint density at radius 1 is 1.28 bits per heavy atom. The Hall–Kier alpha value is -2.10. The monoisotopic (exact) mass is 243 g/mol. The van der Waals surface area contributed by atoms with Crippen LogP contribution in [0.2, 0.25) is 0 Å². The van der Waals surface area contributed by atoms with Gasteiger partial charge in [-0.15, -0.1) is 0 Å². The second-order valence-corrected chi connectivity index (χ2v) is 4.21. The molecule has 0 amide bonds. The van der Waals surface area contributed by atoms with E-state index in [9.17, 15) is 0 Å². The third-order valence-electron chi connectivity index (χ3n) is 2.61. The van der Waals surface area contributed by atoms with Crippen LogP contribution in [0, 0.1) is 6.92 Å². The molecule has 0 aliphatic heterocycles. The highest BCUT2D eigenvalue weighted by atomic mass is 16.5. The van der Waals surface area contributed by atoms with E-state index in [1.165, 1.54) is 5.56 Å². The largest absolute Gasteiger partial charge is 0.476 e. The Morgan fingerprint density at radius 3 is 2.78 bits per heavy atom. The van der Waals surface area contributed by atoms with Crippen molar-refractivity contribution in [1.82, 2.24) is 9.97 Å². The van der Waals surface area contributed by atoms with Gasteiger partial charge >= 0.3 is 0 Å². The lowest BCUT2D eigenvalue weighted by atomic mass is 10.1. The van der Waals surface area contributed by atoms with Crippen molar-refractivity contribution in [1.29, 1.82) is 0 Å². The standard InChI is InChI=1S/C14H17N3O/c1-11-9-13(15)14(17-10-11)18-8-2-3-12-4-6-16-7-5-12/h4-7,9-10H,2-3,8,15H2,1H3. The molecule has 0 fully saturated rings. The first-order valence-electron chi connectivity index (χ1n) is 5.99. The third-order valence-corrected chi connectivity index (χ3v) is 2.61. The molecule has 0 unspecified atom stereocenters. The molecule has 0 aliphatic rings. The fourth-order valence-corrected chi connectivity index (χ4v) is 1.69. The number of nitrogens with zero attached hydrogens (tertiary/aromatic N) is 2. The van der Waals surface area contributed by atoms with E-state index < -0.39 is 0 Å². The molecule has 0 aliphatic carbocycles. The number of aromatic nitrogens is 2. The van der Waals surface area contributed by atoms with E-state index in [1.807, 2.05) is 25.1 Å². The molecule has 0 bridgehead atoms. The van der Waals surface area contributed by atoms with Gasteiger partial charge in [-0.05, 0) is 49.1 Å². The van der Waals surface area contributed by atoms with Gasteiger partial charge in [0.05, 0.1) is 12.3 Å². The fraction of sp³-hybridized carbons (Fsp3) is 0.286. The number of aryl methyl sites for hydroxylation is 2. The highest BCUT2D eigenvalue weighted by Gasteiger charge is 2.02. The summed E-state index contributed by atoms with van der Waals surface area (Å²) in [6.45, 7) is 2.57. The van der Waals surface area contributed by atoms with Crippen LogP contribution in [-0.2, 0) is 6.42 Å². The van der Waals surface area contributed by atoms with E-state index in [0.717, 1.165) is 18.4 Å². The number of ether oxygens (including phenoxy) is 1. The molecule has 2 aromatic heterocycles. The van der Waals surface area contributed by atoms with Gasteiger partial charge in [-0.2, -0.15) is 0 Å². The summed E-state index contributed by atoms with van der Waals surface area (Å²) in [4.78, 5) is 8.15. The number of nitrogen functional groups attached to an aromatic ring is 1. The lowest BCUT2D eigenvalue weighted by Crippen LogP contribution is -2.03. The number of rotatable bonds is 5. The van der Waals surface area contributed by atoms with Gasteiger partial charge in [-0.1, -0.05) is 0 Å². The van der Waals surface area contributed by atoms with Crippen molar-refractivity contribution >= 4 is 5.69 Å². The molecular formula is C14H17N3O. The summed E-state index contributed by atoms with van der Waals surface area (Å²) in [6, 6.07) is 5.89. The quantitative estimate of drug-likeness (QED) is 0.819. The zero-order valence-corrected chi connectivity index (χ0v) is 10.5. The predicted molar refractivity (Wildman–Crippen MR) is 71.4 cm³/mol. The van der Waals surface area contributed by atoms with E-state index >= 15 is 0 Å². The molecule has 2 heterocycles. The van der Waals surface area contributed by atoms with Crippen molar-refractivity contribution in [3.8, 4) is 5.88 Å². The summed E-state index contributed by atoms with van der Waals surface area (Å²) in [6.07, 6.45) is 7.26. The normalized spacial score (nSPS) is 10.3. The molecule has 94 valence electrons. The van der Waals surface area contributed by atoms with E-state index in [2.05, 4.69) is 9.97 Å². The van der Waals surface area contributed by atoms with Gasteiger partial charge in [0.1, 0.15) is 0 Å². The topological polar surface area (TPSA) is 61.0 Å². The van der Waals surface area contributed by atoms with Crippen LogP contribution in [0.15, 0.2) is 36.8 Å². The average molecular weight is 243 g/mol. The minimum atomic E-state index is 0.523. The minimum Gasteiger partial charge on any atom is -0.476 e. The third kappa shape index (κ3) is 3.45. The lowest BCUT2D eigenvalue weighted by molar-refractivity contribution is 0.301. The number of nitrogens with two attached hydrogens (primary N) is 1. The van der Waals surface area contributed by atoms with Crippen molar-refractivity contribution < 1.29 is 4.74 Å². The average Bonchev–Trinajstić information content (AvgIpc) is 2.38. The molecule has 0 spiro atoms. The molecule has 2 aromatic rings. The van der Waals surface area contributed by atoms with Gasteiger partial charge in [-0.25, -0.2) is 4.98 Å². The zero-order valence-electron chi connectivity index (χ0n) is 10.5. The summed E-state index contributed by atoms with van der Waals surface area (Å²) in [5.74, 6) is 0.523. The Balaban J connectivity index is 1.79. The van der Waals surface area contributed by atoms with Crippen LogP contribution in [0.3, 0.4) is 0 Å². The van der Waals surface area contributed by atoms with E-state index in [-0.39, 0.29) is 0 Å². The van der Waals surface area contributed by atoms with Gasteiger partial charge in [0.15, 0.2) is 0 Å². The van der Waals surface area contributed by atoms with E-state index in [1.54, 1.807) is 18.6 Å². The number of pyridine rings is 2. The van der Waals surface area contributed by atoms with Crippen LogP contribution in [0.4, 0.5) is 5.69 Å². The molecule has 0 atom stereocenters. The smallest absolute Gasteiger partial charge is 0.237 e. The van der Waals surface area contributed by atoms with Crippen molar-refractivity contribution in [2.45, 2.75) is 19.8 Å². The molecule has 0 saturated carbocycles. The minimum absolute atomic E-state index is 0.523. The highest BCUT2D eigenvalue weighted by molar-refractivity contribution is 5.49. The summed E-state index contributed by atoms with van der Waals surface area (Å²) in [5, 5.41) is 0. The maximum absolute atomic E-state index is 5.82. The predicted octanol–water partition coefficient (Wildman–Crippen LogP) is 2.38. The van der Waals surface area contributed by atoms with E-state index in [4.69, 9.17) is 10.5 Å².